The van der Waals surface area contributed by atoms with Crippen molar-refractivity contribution in [1.29, 1.82) is 0 Å². The van der Waals surface area contributed by atoms with Gasteiger partial charge in [0, 0.05) is 0 Å². The lowest BCUT2D eigenvalue weighted by Gasteiger charge is -2.13. The maximum atomic E-state index is 11.2. The molecule has 92 valence electrons. The Morgan fingerprint density at radius 1 is 1.25 bits per heavy atom. The second-order valence-electron chi connectivity index (χ2n) is 3.71. The van der Waals surface area contributed by atoms with Gasteiger partial charge < -0.3 is 21.3 Å². The molecule has 0 aliphatic carbocycles. The van der Waals surface area contributed by atoms with Crippen LogP contribution in [0.25, 0.3) is 0 Å². The third-order valence-electron chi connectivity index (χ3n) is 1.91. The third kappa shape index (κ3) is 4.85. The van der Waals surface area contributed by atoms with Gasteiger partial charge in [-0.05, 0) is 5.92 Å². The van der Waals surface area contributed by atoms with Gasteiger partial charge in [-0.15, -0.1) is 0 Å². The fourth-order valence-electron chi connectivity index (χ4n) is 0.761. The molecule has 2 atom stereocenters. The molecule has 0 aromatic rings. The molecule has 0 radical (unpaired) electrons. The van der Waals surface area contributed by atoms with Crippen LogP contribution in [-0.4, -0.2) is 35.1 Å². The van der Waals surface area contributed by atoms with Crippen molar-refractivity contribution in [2.45, 2.75) is 32.4 Å². The van der Waals surface area contributed by atoms with Crippen LogP contribution < -0.4 is 11.5 Å². The van der Waals surface area contributed by atoms with E-state index in [1.165, 1.54) is 0 Å². The molecule has 0 bridgehead atoms. The summed E-state index contributed by atoms with van der Waals surface area (Å²) in [5.74, 6) is -3.38. The van der Waals surface area contributed by atoms with E-state index >= 15 is 0 Å². The van der Waals surface area contributed by atoms with Crippen LogP contribution in [0, 0.1) is 5.92 Å². The van der Waals surface area contributed by atoms with Gasteiger partial charge in [0.1, 0.15) is 12.1 Å². The zero-order chi connectivity index (χ0) is 12.9. The highest BCUT2D eigenvalue weighted by Crippen LogP contribution is 2.02. The van der Waals surface area contributed by atoms with Crippen LogP contribution in [-0.2, 0) is 19.1 Å². The summed E-state index contributed by atoms with van der Waals surface area (Å²) >= 11 is 0. The first-order valence-corrected chi connectivity index (χ1v) is 4.74. The molecule has 0 heterocycles. The highest BCUT2D eigenvalue weighted by atomic mass is 16.6. The third-order valence-corrected chi connectivity index (χ3v) is 1.91. The molecule has 0 saturated heterocycles. The molecule has 7 nitrogen and oxygen atoms in total. The summed E-state index contributed by atoms with van der Waals surface area (Å²) in [7, 11) is 0. The lowest BCUT2D eigenvalue weighted by Crippen LogP contribution is -2.40. The number of aliphatic carboxylic acids is 1. The molecule has 0 spiro atoms. The zero-order valence-electron chi connectivity index (χ0n) is 9.17. The van der Waals surface area contributed by atoms with Gasteiger partial charge in [-0.3, -0.25) is 9.59 Å². The lowest BCUT2D eigenvalue weighted by atomic mass is 10.1. The summed E-state index contributed by atoms with van der Waals surface area (Å²) in [5.41, 5.74) is 10.5. The molecular weight excluding hydrogens is 216 g/mol. The molecule has 5 N–H and O–H groups in total. The Labute approximate surface area is 92.7 Å². The first-order valence-electron chi connectivity index (χ1n) is 4.74. The molecule has 16 heavy (non-hydrogen) atoms. The van der Waals surface area contributed by atoms with Gasteiger partial charge in [-0.2, -0.15) is 0 Å². The Kier molecular flexibility index (Phi) is 5.62. The normalized spacial score (nSPS) is 14.3. The van der Waals surface area contributed by atoms with Gasteiger partial charge >= 0.3 is 17.9 Å². The minimum absolute atomic E-state index is 0.173. The summed E-state index contributed by atoms with van der Waals surface area (Å²) in [6.45, 7) is 3.39. The number of nitrogens with two attached hydrogens (primary N) is 2. The monoisotopic (exact) mass is 232 g/mol. The van der Waals surface area contributed by atoms with Crippen LogP contribution in [0.15, 0.2) is 0 Å². The van der Waals surface area contributed by atoms with Crippen molar-refractivity contribution < 1.29 is 24.2 Å². The highest BCUT2D eigenvalue weighted by molar-refractivity contribution is 5.90. The number of ether oxygens (including phenoxy) is 1. The van der Waals surface area contributed by atoms with Crippen molar-refractivity contribution in [2.75, 3.05) is 0 Å². The van der Waals surface area contributed by atoms with Crippen LogP contribution in [0.2, 0.25) is 0 Å². The Balaban J connectivity index is 4.16. The molecule has 0 amide bonds. The van der Waals surface area contributed by atoms with Crippen molar-refractivity contribution in [3.63, 3.8) is 0 Å². The Morgan fingerprint density at radius 2 is 1.75 bits per heavy atom. The maximum Gasteiger partial charge on any atom is 0.330 e. The van der Waals surface area contributed by atoms with E-state index in [2.05, 4.69) is 4.74 Å². The van der Waals surface area contributed by atoms with Crippen molar-refractivity contribution in [1.82, 2.24) is 0 Å². The van der Waals surface area contributed by atoms with Crippen LogP contribution in [0.4, 0.5) is 0 Å². The zero-order valence-corrected chi connectivity index (χ0v) is 9.17. The van der Waals surface area contributed by atoms with E-state index in [0.717, 1.165) is 0 Å². The summed E-state index contributed by atoms with van der Waals surface area (Å²) in [6.07, 6.45) is -0.564. The topological polar surface area (TPSA) is 133 Å². The van der Waals surface area contributed by atoms with Crippen molar-refractivity contribution in [3.8, 4) is 0 Å². The molecule has 0 saturated carbocycles. The average Bonchev–Trinajstić information content (AvgIpc) is 2.15. The van der Waals surface area contributed by atoms with Gasteiger partial charge in [-0.25, -0.2) is 4.79 Å². The van der Waals surface area contributed by atoms with Gasteiger partial charge in [0.15, 0.2) is 0 Å². The number of carbonyl (C=O) groups is 3. The van der Waals surface area contributed by atoms with Gasteiger partial charge in [-0.1, -0.05) is 13.8 Å². The van der Waals surface area contributed by atoms with Crippen LogP contribution >= 0.6 is 0 Å². The molecule has 7 heteroatoms. The van der Waals surface area contributed by atoms with Gasteiger partial charge in [0.2, 0.25) is 0 Å². The van der Waals surface area contributed by atoms with E-state index in [-0.39, 0.29) is 5.92 Å². The minimum atomic E-state index is -1.38. The number of esters is 2. The number of carbonyl (C=O) groups excluding carboxylic acids is 2. The molecule has 0 aliphatic heterocycles. The standard InChI is InChI=1S/C9H16N2O5/c1-4(2)7(11)9(15)16-6(12)3-5(10)8(13)14/h4-5,7H,3,10-11H2,1-2H3,(H,13,14)/t5-,7+/m0/s1. The summed E-state index contributed by atoms with van der Waals surface area (Å²) < 4.78 is 4.35. The van der Waals surface area contributed by atoms with Crippen molar-refractivity contribution in [3.05, 3.63) is 0 Å². The maximum absolute atomic E-state index is 11.2. The Hall–Kier alpha value is -1.47. The molecule has 0 aromatic heterocycles. The largest absolute Gasteiger partial charge is 0.480 e. The summed E-state index contributed by atoms with van der Waals surface area (Å²) in [5, 5.41) is 8.42. The van der Waals surface area contributed by atoms with Crippen LogP contribution in [0.5, 0.6) is 0 Å². The highest BCUT2D eigenvalue weighted by Gasteiger charge is 2.24. The fraction of sp³-hybridized carbons (Fsp3) is 0.667. The molecular formula is C9H16N2O5. The first kappa shape index (κ1) is 14.5. The number of hydrogen-bond donors (Lipinski definition) is 3. The van der Waals surface area contributed by atoms with Crippen LogP contribution in [0.1, 0.15) is 20.3 Å². The number of carboxylic acids is 1. The van der Waals surface area contributed by atoms with E-state index in [4.69, 9.17) is 16.6 Å². The minimum Gasteiger partial charge on any atom is -0.480 e. The molecule has 0 aromatic carbocycles. The molecule has 0 unspecified atom stereocenters. The smallest absolute Gasteiger partial charge is 0.330 e. The van der Waals surface area contributed by atoms with Crippen LogP contribution in [0.3, 0.4) is 0 Å². The number of rotatable bonds is 5. The summed E-state index contributed by atoms with van der Waals surface area (Å²) in [4.78, 5) is 32.6. The lowest BCUT2D eigenvalue weighted by molar-refractivity contribution is -0.162. The van der Waals surface area contributed by atoms with Crippen molar-refractivity contribution in [2.24, 2.45) is 17.4 Å². The SMILES string of the molecule is CC(C)[C@@H](N)C(=O)OC(=O)C[C@H](N)C(=O)O. The second-order valence-corrected chi connectivity index (χ2v) is 3.71. The molecule has 0 fully saturated rings. The quantitative estimate of drug-likeness (QED) is 0.402. The Morgan fingerprint density at radius 3 is 2.12 bits per heavy atom. The second kappa shape index (κ2) is 6.19. The average molecular weight is 232 g/mol. The summed E-state index contributed by atoms with van der Waals surface area (Å²) in [6, 6.07) is -2.29. The molecule has 0 aliphatic rings. The van der Waals surface area contributed by atoms with E-state index in [1.54, 1.807) is 13.8 Å². The predicted molar refractivity (Wildman–Crippen MR) is 54.1 cm³/mol. The predicted octanol–water partition coefficient (Wildman–Crippen LogP) is -1.16. The molecule has 0 rings (SSSR count). The Bertz CT molecular complexity index is 290. The first-order chi connectivity index (χ1) is 7.25. The van der Waals surface area contributed by atoms with E-state index < -0.39 is 36.4 Å². The van der Waals surface area contributed by atoms with E-state index in [0.29, 0.717) is 0 Å². The van der Waals surface area contributed by atoms with E-state index in [1.807, 2.05) is 0 Å². The fourth-order valence-corrected chi connectivity index (χ4v) is 0.761. The van der Waals surface area contributed by atoms with E-state index in [9.17, 15) is 14.4 Å². The number of hydrogen-bond acceptors (Lipinski definition) is 6. The number of carboxylic acid groups (broad SMARTS) is 1. The van der Waals surface area contributed by atoms with Crippen molar-refractivity contribution >= 4 is 17.9 Å². The van der Waals surface area contributed by atoms with Gasteiger partial charge in [0.25, 0.3) is 0 Å². The van der Waals surface area contributed by atoms with Gasteiger partial charge in [0.05, 0.1) is 6.42 Å².